The second kappa shape index (κ2) is 6.68. The molecule has 2 amide bonds. The summed E-state index contributed by atoms with van der Waals surface area (Å²) in [5, 5.41) is 6.26. The van der Waals surface area contributed by atoms with Gasteiger partial charge in [0.2, 0.25) is 5.91 Å². The highest BCUT2D eigenvalue weighted by Gasteiger charge is 2.20. The number of amides is 2. The Morgan fingerprint density at radius 3 is 2.78 bits per heavy atom. The minimum atomic E-state index is -0.684. The number of hydrogen-bond acceptors (Lipinski definition) is 4. The van der Waals surface area contributed by atoms with E-state index in [9.17, 15) is 9.59 Å². The van der Waals surface area contributed by atoms with Crippen LogP contribution in [0.15, 0.2) is 24.5 Å². The number of aromatic nitrogens is 2. The van der Waals surface area contributed by atoms with Crippen LogP contribution in [0.2, 0.25) is 0 Å². The van der Waals surface area contributed by atoms with Crippen LogP contribution in [0, 0.1) is 0 Å². The van der Waals surface area contributed by atoms with Crippen molar-refractivity contribution in [3.63, 3.8) is 0 Å². The van der Waals surface area contributed by atoms with Crippen molar-refractivity contribution in [3.8, 4) is 0 Å². The normalized spacial score (nSPS) is 12.7. The van der Waals surface area contributed by atoms with Crippen molar-refractivity contribution in [2.24, 2.45) is 0 Å². The van der Waals surface area contributed by atoms with Crippen molar-refractivity contribution in [1.82, 2.24) is 20.6 Å². The second-order valence-corrected chi connectivity index (χ2v) is 6.34. The van der Waals surface area contributed by atoms with Gasteiger partial charge in [-0.15, -0.1) is 0 Å². The topological polar surface area (TPSA) is 96.1 Å². The van der Waals surface area contributed by atoms with Crippen LogP contribution in [-0.4, -0.2) is 33.6 Å². The van der Waals surface area contributed by atoms with Gasteiger partial charge in [-0.05, 0) is 39.8 Å². The van der Waals surface area contributed by atoms with E-state index in [1.165, 1.54) is 0 Å². The zero-order valence-electron chi connectivity index (χ0n) is 13.8. The Kier molecular flexibility index (Phi) is 4.88. The molecule has 2 rings (SSSR count). The molecule has 2 aromatic heterocycles. The molecule has 0 saturated carbocycles. The number of hydrogen-bond donors (Lipinski definition) is 3. The first-order chi connectivity index (χ1) is 10.7. The van der Waals surface area contributed by atoms with Crippen LogP contribution in [0.5, 0.6) is 0 Å². The number of pyridine rings is 1. The first kappa shape index (κ1) is 16.8. The molecular weight excluding hydrogens is 296 g/mol. The van der Waals surface area contributed by atoms with E-state index in [1.54, 1.807) is 40.1 Å². The van der Waals surface area contributed by atoms with Gasteiger partial charge in [0.1, 0.15) is 11.6 Å². The van der Waals surface area contributed by atoms with Gasteiger partial charge >= 0.3 is 6.09 Å². The molecule has 0 saturated heterocycles. The molecule has 0 bridgehead atoms. The maximum Gasteiger partial charge on any atom is 0.408 e. The number of alkyl carbamates (subject to hydrolysis) is 1. The van der Waals surface area contributed by atoms with Gasteiger partial charge in [-0.2, -0.15) is 0 Å². The number of carbonyl (C=O) groups is 2. The Morgan fingerprint density at radius 1 is 1.39 bits per heavy atom. The molecule has 23 heavy (non-hydrogen) atoms. The molecule has 7 heteroatoms. The number of rotatable bonds is 4. The lowest BCUT2D eigenvalue weighted by molar-refractivity contribution is -0.123. The Labute approximate surface area is 134 Å². The summed E-state index contributed by atoms with van der Waals surface area (Å²) in [5.41, 5.74) is 1.23. The van der Waals surface area contributed by atoms with E-state index in [0.29, 0.717) is 6.54 Å². The molecule has 0 radical (unpaired) electrons. The highest BCUT2D eigenvalue weighted by Crippen LogP contribution is 2.13. The van der Waals surface area contributed by atoms with E-state index in [2.05, 4.69) is 20.6 Å². The summed E-state index contributed by atoms with van der Waals surface area (Å²) < 4.78 is 5.12. The van der Waals surface area contributed by atoms with Gasteiger partial charge < -0.3 is 20.4 Å². The van der Waals surface area contributed by atoms with Gasteiger partial charge in [0.05, 0.1) is 6.54 Å². The fourth-order valence-corrected chi connectivity index (χ4v) is 2.01. The van der Waals surface area contributed by atoms with Gasteiger partial charge in [0.25, 0.3) is 0 Å². The van der Waals surface area contributed by atoms with Crippen molar-refractivity contribution >= 4 is 22.9 Å². The summed E-state index contributed by atoms with van der Waals surface area (Å²) in [7, 11) is 0. The van der Waals surface area contributed by atoms with Crippen LogP contribution < -0.4 is 10.6 Å². The summed E-state index contributed by atoms with van der Waals surface area (Å²) in [4.78, 5) is 30.9. The van der Waals surface area contributed by atoms with Crippen LogP contribution in [0.1, 0.15) is 33.4 Å². The lowest BCUT2D eigenvalue weighted by Gasteiger charge is -2.21. The molecule has 0 aliphatic rings. The smallest absolute Gasteiger partial charge is 0.408 e. The number of aromatic amines is 1. The minimum Gasteiger partial charge on any atom is -0.444 e. The fourth-order valence-electron chi connectivity index (χ4n) is 2.01. The molecule has 0 spiro atoms. The highest BCUT2D eigenvalue weighted by molar-refractivity contribution is 5.85. The third-order valence-electron chi connectivity index (χ3n) is 3.06. The summed E-state index contributed by atoms with van der Waals surface area (Å²) >= 11 is 0. The molecule has 0 fully saturated rings. The van der Waals surface area contributed by atoms with Crippen LogP contribution >= 0.6 is 0 Å². The van der Waals surface area contributed by atoms with Crippen LogP contribution in [0.25, 0.3) is 10.9 Å². The average molecular weight is 318 g/mol. The summed E-state index contributed by atoms with van der Waals surface area (Å²) in [5.74, 6) is -0.285. The summed E-state index contributed by atoms with van der Waals surface area (Å²) in [6.07, 6.45) is 2.84. The van der Waals surface area contributed by atoms with Gasteiger partial charge in [0.15, 0.2) is 0 Å². The molecular formula is C16H22N4O3. The summed E-state index contributed by atoms with van der Waals surface area (Å²) in [6, 6.07) is 3.11. The molecule has 0 aliphatic heterocycles. The molecule has 2 aromatic rings. The van der Waals surface area contributed by atoms with Crippen LogP contribution in [0.3, 0.4) is 0 Å². The zero-order valence-corrected chi connectivity index (χ0v) is 13.8. The third kappa shape index (κ3) is 4.98. The van der Waals surface area contributed by atoms with Gasteiger partial charge in [-0.1, -0.05) is 0 Å². The fraction of sp³-hybridized carbons (Fsp3) is 0.438. The van der Waals surface area contributed by atoms with Gasteiger partial charge in [-0.3, -0.25) is 9.78 Å². The largest absolute Gasteiger partial charge is 0.444 e. The van der Waals surface area contributed by atoms with Crippen LogP contribution in [0.4, 0.5) is 4.79 Å². The van der Waals surface area contributed by atoms with E-state index in [0.717, 1.165) is 16.6 Å². The highest BCUT2D eigenvalue weighted by atomic mass is 16.6. The van der Waals surface area contributed by atoms with Crippen molar-refractivity contribution in [2.45, 2.75) is 45.9 Å². The van der Waals surface area contributed by atoms with Crippen molar-refractivity contribution in [2.75, 3.05) is 0 Å². The van der Waals surface area contributed by atoms with E-state index >= 15 is 0 Å². The number of fused-ring (bicyclic) bond motifs is 1. The minimum absolute atomic E-state index is 0.285. The lowest BCUT2D eigenvalue weighted by atomic mass is 10.2. The predicted molar refractivity (Wildman–Crippen MR) is 86.8 cm³/mol. The number of carbonyl (C=O) groups excluding carboxylic acids is 2. The molecule has 124 valence electrons. The van der Waals surface area contributed by atoms with Crippen LogP contribution in [-0.2, 0) is 16.1 Å². The number of ether oxygens (including phenoxy) is 1. The van der Waals surface area contributed by atoms with E-state index in [-0.39, 0.29) is 5.91 Å². The van der Waals surface area contributed by atoms with Crippen molar-refractivity contribution in [1.29, 1.82) is 0 Å². The monoisotopic (exact) mass is 318 g/mol. The van der Waals surface area contributed by atoms with E-state index in [4.69, 9.17) is 4.74 Å². The molecule has 7 nitrogen and oxygen atoms in total. The maximum absolute atomic E-state index is 12.0. The SMILES string of the molecule is C[C@H](NC(=O)OC(C)(C)C)C(=O)NCc1cc2cnccc2[nH]1. The first-order valence-electron chi connectivity index (χ1n) is 7.43. The number of H-pyrrole nitrogens is 1. The molecule has 0 aromatic carbocycles. The van der Waals surface area contributed by atoms with Crippen molar-refractivity contribution < 1.29 is 14.3 Å². The predicted octanol–water partition coefficient (Wildman–Crippen LogP) is 2.09. The number of nitrogens with one attached hydrogen (secondary N) is 3. The first-order valence-corrected chi connectivity index (χ1v) is 7.43. The molecule has 3 N–H and O–H groups in total. The summed E-state index contributed by atoms with van der Waals surface area (Å²) in [6.45, 7) is 7.24. The zero-order chi connectivity index (χ0) is 17.0. The van der Waals surface area contributed by atoms with Gasteiger partial charge in [-0.25, -0.2) is 4.79 Å². The Balaban J connectivity index is 1.85. The Bertz CT molecular complexity index is 670. The average Bonchev–Trinajstić information content (AvgIpc) is 2.85. The van der Waals surface area contributed by atoms with Gasteiger partial charge in [0, 0.05) is 29.0 Å². The quantitative estimate of drug-likeness (QED) is 0.804. The Morgan fingerprint density at radius 2 is 2.13 bits per heavy atom. The molecule has 2 heterocycles. The standard InChI is InChI=1S/C16H22N4O3/c1-10(19-15(22)23-16(2,3)4)14(21)18-9-12-7-11-8-17-6-5-13(11)20-12/h5-8,10,20H,9H2,1-4H3,(H,18,21)(H,19,22)/t10-/m0/s1. The lowest BCUT2D eigenvalue weighted by Crippen LogP contribution is -2.46. The van der Waals surface area contributed by atoms with Crippen molar-refractivity contribution in [3.05, 3.63) is 30.2 Å². The molecule has 0 aliphatic carbocycles. The Hall–Kier alpha value is -2.57. The second-order valence-electron chi connectivity index (χ2n) is 6.34. The molecule has 1 atom stereocenters. The van der Waals surface area contributed by atoms with E-state index < -0.39 is 17.7 Å². The maximum atomic E-state index is 12.0. The number of nitrogens with zero attached hydrogens (tertiary/aromatic N) is 1. The third-order valence-corrected chi connectivity index (χ3v) is 3.06. The van der Waals surface area contributed by atoms with E-state index in [1.807, 2.05) is 12.1 Å². The molecule has 0 unspecified atom stereocenters.